The molecule has 0 aliphatic rings. The molecule has 0 heterocycles. The Kier molecular flexibility index (Phi) is 4.42. The van der Waals surface area contributed by atoms with Gasteiger partial charge in [0.05, 0.1) is 0 Å². The van der Waals surface area contributed by atoms with Crippen LogP contribution in [0.4, 0.5) is 0 Å². The molecule has 0 aliphatic heterocycles. The Morgan fingerprint density at radius 1 is 1.00 bits per heavy atom. The fourth-order valence-corrected chi connectivity index (χ4v) is 1.75. The van der Waals surface area contributed by atoms with Gasteiger partial charge in [0, 0.05) is 0 Å². The standard InChI is InChI=1S/C15H14O2S/c1-18-15(16)11-17-14-9-7-13(8-10-14)12-5-3-2-4-6-12/h2-10H,11H2,1H3. The summed E-state index contributed by atoms with van der Waals surface area (Å²) in [5.41, 5.74) is 2.31. The van der Waals surface area contributed by atoms with Gasteiger partial charge in [-0.25, -0.2) is 0 Å². The van der Waals surface area contributed by atoms with E-state index >= 15 is 0 Å². The number of hydrogen-bond donors (Lipinski definition) is 0. The number of carbonyl (C=O) groups excluding carboxylic acids is 1. The van der Waals surface area contributed by atoms with Gasteiger partial charge >= 0.3 is 0 Å². The summed E-state index contributed by atoms with van der Waals surface area (Å²) in [4.78, 5) is 11.1. The first-order valence-electron chi connectivity index (χ1n) is 5.64. The quantitative estimate of drug-likeness (QED) is 0.837. The molecule has 0 bridgehead atoms. The number of hydrogen-bond acceptors (Lipinski definition) is 3. The molecular weight excluding hydrogens is 244 g/mol. The summed E-state index contributed by atoms with van der Waals surface area (Å²) in [5.74, 6) is 0.720. The Morgan fingerprint density at radius 2 is 1.61 bits per heavy atom. The Hall–Kier alpha value is -1.74. The molecule has 2 nitrogen and oxygen atoms in total. The Morgan fingerprint density at radius 3 is 2.22 bits per heavy atom. The molecule has 0 unspecified atom stereocenters. The fraction of sp³-hybridized carbons (Fsp3) is 0.133. The second-order valence-electron chi connectivity index (χ2n) is 3.76. The van der Waals surface area contributed by atoms with Gasteiger partial charge in [-0.15, -0.1) is 0 Å². The number of rotatable bonds is 4. The van der Waals surface area contributed by atoms with Crippen LogP contribution < -0.4 is 4.74 Å². The predicted molar refractivity (Wildman–Crippen MR) is 75.9 cm³/mol. The highest BCUT2D eigenvalue weighted by molar-refractivity contribution is 8.13. The van der Waals surface area contributed by atoms with E-state index < -0.39 is 0 Å². The molecule has 0 aliphatic carbocycles. The molecule has 2 aromatic carbocycles. The van der Waals surface area contributed by atoms with Crippen LogP contribution in [0.1, 0.15) is 0 Å². The molecule has 18 heavy (non-hydrogen) atoms. The van der Waals surface area contributed by atoms with Crippen molar-refractivity contribution in [1.82, 2.24) is 0 Å². The Balaban J connectivity index is 2.04. The lowest BCUT2D eigenvalue weighted by Gasteiger charge is -2.06. The minimum atomic E-state index is 0.0298. The largest absolute Gasteiger partial charge is 0.485 e. The number of ether oxygens (including phenoxy) is 1. The normalized spacial score (nSPS) is 10.1. The zero-order chi connectivity index (χ0) is 12.8. The fourth-order valence-electron chi connectivity index (χ4n) is 1.58. The van der Waals surface area contributed by atoms with Gasteiger partial charge in [-0.3, -0.25) is 4.79 Å². The van der Waals surface area contributed by atoms with Crippen molar-refractivity contribution in [2.75, 3.05) is 12.9 Å². The maximum absolute atomic E-state index is 11.1. The van der Waals surface area contributed by atoms with Crippen molar-refractivity contribution in [3.63, 3.8) is 0 Å². The summed E-state index contributed by atoms with van der Waals surface area (Å²) < 4.78 is 5.38. The van der Waals surface area contributed by atoms with Gasteiger partial charge in [0.1, 0.15) is 5.75 Å². The van der Waals surface area contributed by atoms with E-state index in [9.17, 15) is 4.79 Å². The maximum atomic E-state index is 11.1. The van der Waals surface area contributed by atoms with Crippen molar-refractivity contribution in [1.29, 1.82) is 0 Å². The third kappa shape index (κ3) is 3.37. The van der Waals surface area contributed by atoms with Crippen LogP contribution in [0.3, 0.4) is 0 Å². The van der Waals surface area contributed by atoms with E-state index in [-0.39, 0.29) is 11.7 Å². The van der Waals surface area contributed by atoms with Crippen molar-refractivity contribution in [2.24, 2.45) is 0 Å². The van der Waals surface area contributed by atoms with E-state index in [1.807, 2.05) is 42.5 Å². The van der Waals surface area contributed by atoms with Crippen LogP contribution in [0, 0.1) is 0 Å². The molecule has 2 rings (SSSR count). The van der Waals surface area contributed by atoms with Crippen LogP contribution in [-0.4, -0.2) is 18.0 Å². The first-order chi connectivity index (χ1) is 8.79. The first-order valence-corrected chi connectivity index (χ1v) is 6.87. The third-order valence-corrected chi connectivity index (χ3v) is 3.12. The minimum absolute atomic E-state index is 0.0298. The SMILES string of the molecule is CSC(=O)COc1ccc(-c2ccccc2)cc1. The van der Waals surface area contributed by atoms with Crippen LogP contribution in [0.2, 0.25) is 0 Å². The second kappa shape index (κ2) is 6.26. The van der Waals surface area contributed by atoms with E-state index in [1.54, 1.807) is 6.26 Å². The van der Waals surface area contributed by atoms with Crippen molar-refractivity contribution in [2.45, 2.75) is 0 Å². The van der Waals surface area contributed by atoms with Crippen LogP contribution >= 0.6 is 11.8 Å². The molecule has 0 saturated carbocycles. The molecule has 3 heteroatoms. The molecule has 0 N–H and O–H groups in total. The van der Waals surface area contributed by atoms with Crippen molar-refractivity contribution in [3.8, 4) is 16.9 Å². The molecule has 0 spiro atoms. The molecule has 0 aromatic heterocycles. The van der Waals surface area contributed by atoms with Gasteiger partial charge in [-0.05, 0) is 29.5 Å². The maximum Gasteiger partial charge on any atom is 0.226 e. The average molecular weight is 258 g/mol. The lowest BCUT2D eigenvalue weighted by atomic mass is 10.1. The molecule has 0 radical (unpaired) electrons. The van der Waals surface area contributed by atoms with E-state index in [1.165, 1.54) is 17.3 Å². The van der Waals surface area contributed by atoms with Gasteiger partial charge in [0.25, 0.3) is 0 Å². The third-order valence-electron chi connectivity index (χ3n) is 2.55. The Labute approximate surface area is 111 Å². The van der Waals surface area contributed by atoms with Gasteiger partial charge in [0.2, 0.25) is 5.12 Å². The van der Waals surface area contributed by atoms with Crippen LogP contribution in [0.25, 0.3) is 11.1 Å². The van der Waals surface area contributed by atoms with E-state index in [4.69, 9.17) is 4.74 Å². The topological polar surface area (TPSA) is 26.3 Å². The lowest BCUT2D eigenvalue weighted by Crippen LogP contribution is -2.06. The molecule has 0 fully saturated rings. The lowest BCUT2D eigenvalue weighted by molar-refractivity contribution is -0.112. The first kappa shape index (κ1) is 12.7. The van der Waals surface area contributed by atoms with Gasteiger partial charge in [-0.2, -0.15) is 0 Å². The van der Waals surface area contributed by atoms with E-state index in [2.05, 4.69) is 12.1 Å². The smallest absolute Gasteiger partial charge is 0.226 e. The minimum Gasteiger partial charge on any atom is -0.485 e. The van der Waals surface area contributed by atoms with Crippen molar-refractivity contribution in [3.05, 3.63) is 54.6 Å². The van der Waals surface area contributed by atoms with E-state index in [0.29, 0.717) is 0 Å². The van der Waals surface area contributed by atoms with Gasteiger partial charge in [0.15, 0.2) is 6.61 Å². The second-order valence-corrected chi connectivity index (χ2v) is 4.62. The van der Waals surface area contributed by atoms with Gasteiger partial charge < -0.3 is 4.74 Å². The highest BCUT2D eigenvalue weighted by atomic mass is 32.2. The molecule has 0 saturated heterocycles. The highest BCUT2D eigenvalue weighted by Crippen LogP contribution is 2.22. The average Bonchev–Trinajstić information content (AvgIpc) is 2.46. The van der Waals surface area contributed by atoms with Gasteiger partial charge in [-0.1, -0.05) is 54.2 Å². The molecule has 0 amide bonds. The van der Waals surface area contributed by atoms with Crippen molar-refractivity contribution < 1.29 is 9.53 Å². The molecule has 0 atom stereocenters. The predicted octanol–water partition coefficient (Wildman–Crippen LogP) is 3.62. The number of benzene rings is 2. The highest BCUT2D eigenvalue weighted by Gasteiger charge is 2.01. The zero-order valence-corrected chi connectivity index (χ0v) is 10.9. The van der Waals surface area contributed by atoms with Crippen LogP contribution in [0.5, 0.6) is 5.75 Å². The summed E-state index contributed by atoms with van der Waals surface area (Å²) >= 11 is 1.18. The molecule has 92 valence electrons. The number of carbonyl (C=O) groups is 1. The summed E-state index contributed by atoms with van der Waals surface area (Å²) in [5, 5.41) is 0.0298. The van der Waals surface area contributed by atoms with E-state index in [0.717, 1.165) is 11.3 Å². The Bertz CT molecular complexity index is 506. The summed E-state index contributed by atoms with van der Waals surface area (Å²) in [6.45, 7) is 0.117. The van der Waals surface area contributed by atoms with Crippen molar-refractivity contribution >= 4 is 16.9 Å². The van der Waals surface area contributed by atoms with Crippen LogP contribution in [-0.2, 0) is 4.79 Å². The zero-order valence-electron chi connectivity index (χ0n) is 10.1. The summed E-state index contributed by atoms with van der Waals surface area (Å²) in [6.07, 6.45) is 1.75. The monoisotopic (exact) mass is 258 g/mol. The molecule has 2 aromatic rings. The summed E-state index contributed by atoms with van der Waals surface area (Å²) in [7, 11) is 0. The summed E-state index contributed by atoms with van der Waals surface area (Å²) in [6, 6.07) is 17.9. The van der Waals surface area contributed by atoms with Crippen LogP contribution in [0.15, 0.2) is 54.6 Å². The number of thioether (sulfide) groups is 1. The molecular formula is C15H14O2S.